The molecule has 1 unspecified atom stereocenters. The Labute approximate surface area is 190 Å². The van der Waals surface area contributed by atoms with Gasteiger partial charge in [-0.2, -0.15) is 4.98 Å². The number of hydrogen-bond acceptors (Lipinski definition) is 7. The number of amides is 1. The molecule has 0 radical (unpaired) electrons. The van der Waals surface area contributed by atoms with Crippen LogP contribution < -0.4 is 20.3 Å². The van der Waals surface area contributed by atoms with Gasteiger partial charge in [0.05, 0.1) is 6.61 Å². The van der Waals surface area contributed by atoms with E-state index >= 15 is 0 Å². The summed E-state index contributed by atoms with van der Waals surface area (Å²) in [4.78, 5) is 26.7. The van der Waals surface area contributed by atoms with Crippen LogP contribution >= 0.6 is 0 Å². The van der Waals surface area contributed by atoms with E-state index in [0.717, 1.165) is 50.2 Å². The average Bonchev–Trinajstić information content (AvgIpc) is 3.25. The maximum absolute atomic E-state index is 13.7. The number of anilines is 2. The molecule has 0 aliphatic carbocycles. The van der Waals surface area contributed by atoms with Gasteiger partial charge in [-0.05, 0) is 82.7 Å². The minimum absolute atomic E-state index is 0.0239. The van der Waals surface area contributed by atoms with E-state index < -0.39 is 0 Å². The van der Waals surface area contributed by atoms with E-state index in [2.05, 4.69) is 27.4 Å². The van der Waals surface area contributed by atoms with Gasteiger partial charge in [-0.3, -0.25) is 9.69 Å². The highest BCUT2D eigenvalue weighted by molar-refractivity contribution is 6.05. The highest BCUT2D eigenvalue weighted by Gasteiger charge is 2.26. The molecule has 0 saturated carbocycles. The zero-order valence-corrected chi connectivity index (χ0v) is 19.3. The molecule has 172 valence electrons. The highest BCUT2D eigenvalue weighted by Crippen LogP contribution is 2.28. The summed E-state index contributed by atoms with van der Waals surface area (Å²) in [6.07, 6.45) is 4.68. The summed E-state index contributed by atoms with van der Waals surface area (Å²) in [6.45, 7) is 6.27. The zero-order chi connectivity index (χ0) is 22.5. The molecule has 0 spiro atoms. The number of carbonyl (C=O) groups excluding carboxylic acids is 1. The number of hydrogen-bond donors (Lipinski definition) is 2. The van der Waals surface area contributed by atoms with Crippen molar-refractivity contribution in [2.24, 2.45) is 5.92 Å². The van der Waals surface area contributed by atoms with E-state index in [1.165, 1.54) is 0 Å². The van der Waals surface area contributed by atoms with Gasteiger partial charge < -0.3 is 20.3 Å². The van der Waals surface area contributed by atoms with E-state index in [9.17, 15) is 4.79 Å². The quantitative estimate of drug-likeness (QED) is 0.655. The third-order valence-corrected chi connectivity index (χ3v) is 6.01. The molecule has 1 amide bonds. The van der Waals surface area contributed by atoms with Gasteiger partial charge in [-0.15, -0.1) is 0 Å². The minimum Gasteiger partial charge on any atom is -0.493 e. The fourth-order valence-electron chi connectivity index (χ4n) is 4.46. The van der Waals surface area contributed by atoms with Gasteiger partial charge in [0, 0.05) is 37.3 Å². The fourth-order valence-corrected chi connectivity index (χ4v) is 4.46. The third kappa shape index (κ3) is 5.55. The van der Waals surface area contributed by atoms with Crippen LogP contribution in [0.4, 0.5) is 11.8 Å². The number of ether oxygens (including phenoxy) is 1. The van der Waals surface area contributed by atoms with E-state index in [1.54, 1.807) is 6.20 Å². The van der Waals surface area contributed by atoms with Crippen molar-refractivity contribution in [2.45, 2.75) is 32.2 Å². The molecular formula is C24H34N6O2. The van der Waals surface area contributed by atoms with Crippen molar-refractivity contribution >= 4 is 17.7 Å². The first-order valence-electron chi connectivity index (χ1n) is 11.5. The molecule has 1 aromatic carbocycles. The van der Waals surface area contributed by atoms with E-state index in [-0.39, 0.29) is 11.9 Å². The predicted molar refractivity (Wildman–Crippen MR) is 127 cm³/mol. The second-order valence-corrected chi connectivity index (χ2v) is 9.08. The second-order valence-electron chi connectivity index (χ2n) is 9.08. The van der Waals surface area contributed by atoms with Gasteiger partial charge >= 0.3 is 0 Å². The summed E-state index contributed by atoms with van der Waals surface area (Å²) >= 11 is 0. The number of nitrogens with one attached hydrogen (secondary N) is 2. The molecule has 1 atom stereocenters. The summed E-state index contributed by atoms with van der Waals surface area (Å²) in [5.74, 6) is 2.48. The van der Waals surface area contributed by atoms with Gasteiger partial charge in [-0.1, -0.05) is 0 Å². The van der Waals surface area contributed by atoms with Crippen LogP contribution in [0.5, 0.6) is 5.75 Å². The van der Waals surface area contributed by atoms with Crippen molar-refractivity contribution in [1.82, 2.24) is 20.2 Å². The van der Waals surface area contributed by atoms with E-state index in [4.69, 9.17) is 9.72 Å². The first-order chi connectivity index (χ1) is 15.5. The van der Waals surface area contributed by atoms with E-state index in [1.807, 2.05) is 43.3 Å². The van der Waals surface area contributed by atoms with Gasteiger partial charge in [0.2, 0.25) is 5.95 Å². The molecule has 4 rings (SSSR count). The lowest BCUT2D eigenvalue weighted by Crippen LogP contribution is -2.40. The minimum atomic E-state index is -0.0239. The molecule has 2 aromatic rings. The Kier molecular flexibility index (Phi) is 7.22. The zero-order valence-electron chi connectivity index (χ0n) is 19.3. The summed E-state index contributed by atoms with van der Waals surface area (Å²) in [6, 6.07) is 7.76. The van der Waals surface area contributed by atoms with Crippen LogP contribution in [-0.2, 0) is 6.42 Å². The fraction of sp³-hybridized carbons (Fsp3) is 0.542. The summed E-state index contributed by atoms with van der Waals surface area (Å²) < 4.78 is 5.62. The molecule has 3 heterocycles. The molecular weight excluding hydrogens is 404 g/mol. The Morgan fingerprint density at radius 2 is 2.09 bits per heavy atom. The van der Waals surface area contributed by atoms with E-state index in [0.29, 0.717) is 36.4 Å². The third-order valence-electron chi connectivity index (χ3n) is 6.01. The topological polar surface area (TPSA) is 82.6 Å². The van der Waals surface area contributed by atoms with Gasteiger partial charge in [0.1, 0.15) is 11.6 Å². The monoisotopic (exact) mass is 438 g/mol. The number of carbonyl (C=O) groups is 1. The molecule has 2 aliphatic heterocycles. The van der Waals surface area contributed by atoms with Crippen LogP contribution in [0.15, 0.2) is 30.5 Å². The van der Waals surface area contributed by atoms with Crippen molar-refractivity contribution in [2.75, 3.05) is 57.1 Å². The summed E-state index contributed by atoms with van der Waals surface area (Å²) in [5, 5.41) is 6.76. The molecule has 8 heteroatoms. The van der Waals surface area contributed by atoms with Crippen molar-refractivity contribution < 1.29 is 9.53 Å². The lowest BCUT2D eigenvalue weighted by Gasteiger charge is -2.30. The molecule has 1 aromatic heterocycles. The molecule has 1 saturated heterocycles. The summed E-state index contributed by atoms with van der Waals surface area (Å²) in [7, 11) is 4.08. The molecule has 32 heavy (non-hydrogen) atoms. The average molecular weight is 439 g/mol. The number of nitrogens with zero attached hydrogens (tertiary/aromatic N) is 4. The standard InChI is InChI=1S/C24H34N6O2/c1-17(15-29(2)3)27-24-26-12-8-22(28-24)30(16-18-6-10-25-11-7-18)23(31)20-4-5-21-19(14-20)9-13-32-21/h4-5,8,12,14,17-18,25H,6-7,9-11,13,15-16H2,1-3H3,(H,26,27,28). The Hall–Kier alpha value is -2.71. The SMILES string of the molecule is CC(CN(C)C)Nc1nccc(N(CC2CCNCC2)C(=O)c2ccc3c(c2)CCO3)n1. The van der Waals surface area contributed by atoms with Crippen molar-refractivity contribution in [1.29, 1.82) is 0 Å². The van der Waals surface area contributed by atoms with Crippen LogP contribution in [0.25, 0.3) is 0 Å². The first kappa shape index (κ1) is 22.5. The summed E-state index contributed by atoms with van der Waals surface area (Å²) in [5.41, 5.74) is 1.78. The Bertz CT molecular complexity index is 928. The molecule has 2 N–H and O–H groups in total. The second kappa shape index (κ2) is 10.3. The Morgan fingerprint density at radius 1 is 1.28 bits per heavy atom. The molecule has 2 aliphatic rings. The van der Waals surface area contributed by atoms with Crippen LogP contribution in [0, 0.1) is 5.92 Å². The number of fused-ring (bicyclic) bond motifs is 1. The lowest BCUT2D eigenvalue weighted by atomic mass is 9.97. The predicted octanol–water partition coefficient (Wildman–Crippen LogP) is 2.42. The van der Waals surface area contributed by atoms with Gasteiger partial charge in [-0.25, -0.2) is 4.98 Å². The number of likely N-dealkylation sites (N-methyl/N-ethyl adjacent to an activating group) is 1. The van der Waals surface area contributed by atoms with Crippen LogP contribution in [0.2, 0.25) is 0 Å². The maximum Gasteiger partial charge on any atom is 0.259 e. The maximum atomic E-state index is 13.7. The largest absolute Gasteiger partial charge is 0.493 e. The Balaban J connectivity index is 1.59. The molecule has 1 fully saturated rings. The first-order valence-corrected chi connectivity index (χ1v) is 11.5. The van der Waals surface area contributed by atoms with Crippen molar-refractivity contribution in [3.8, 4) is 5.75 Å². The van der Waals surface area contributed by atoms with Crippen LogP contribution in [-0.4, -0.2) is 73.7 Å². The van der Waals surface area contributed by atoms with Gasteiger partial charge in [0.25, 0.3) is 5.91 Å². The number of aromatic nitrogens is 2. The smallest absolute Gasteiger partial charge is 0.259 e. The highest BCUT2D eigenvalue weighted by atomic mass is 16.5. The molecule has 0 bridgehead atoms. The van der Waals surface area contributed by atoms with Crippen molar-refractivity contribution in [3.63, 3.8) is 0 Å². The number of benzene rings is 1. The van der Waals surface area contributed by atoms with Crippen LogP contribution in [0.3, 0.4) is 0 Å². The van der Waals surface area contributed by atoms with Crippen LogP contribution in [0.1, 0.15) is 35.7 Å². The van der Waals surface area contributed by atoms with Gasteiger partial charge in [0.15, 0.2) is 0 Å². The molecule has 8 nitrogen and oxygen atoms in total. The Morgan fingerprint density at radius 3 is 2.88 bits per heavy atom. The number of piperidine rings is 1. The normalized spacial score (nSPS) is 17.0. The number of rotatable bonds is 8. The lowest BCUT2D eigenvalue weighted by molar-refractivity contribution is 0.0980. The van der Waals surface area contributed by atoms with Crippen molar-refractivity contribution in [3.05, 3.63) is 41.6 Å².